The molecule has 0 aliphatic rings. The molecule has 0 saturated carbocycles. The minimum Gasteiger partial charge on any atom is -0.266 e. The summed E-state index contributed by atoms with van der Waals surface area (Å²) < 4.78 is 15.0. The molecule has 1 aromatic rings. The highest BCUT2D eigenvalue weighted by atomic mass is 19.1. The maximum absolute atomic E-state index is 13.2. The van der Waals surface area contributed by atoms with Crippen LogP contribution in [-0.2, 0) is 6.54 Å². The fourth-order valence-electron chi connectivity index (χ4n) is 1.56. The van der Waals surface area contributed by atoms with Gasteiger partial charge < -0.3 is 0 Å². The first-order valence-corrected chi connectivity index (χ1v) is 5.30. The largest absolute Gasteiger partial charge is 0.266 e. The van der Waals surface area contributed by atoms with Crippen LogP contribution < -0.4 is 0 Å². The van der Waals surface area contributed by atoms with E-state index in [1.165, 1.54) is 12.8 Å². The molecule has 3 heteroatoms. The van der Waals surface area contributed by atoms with E-state index < -0.39 is 0 Å². The van der Waals surface area contributed by atoms with E-state index in [1.807, 2.05) is 13.8 Å². The van der Waals surface area contributed by atoms with E-state index in [2.05, 4.69) is 18.2 Å². The Morgan fingerprint density at radius 1 is 1.43 bits per heavy atom. The van der Waals surface area contributed by atoms with Gasteiger partial charge in [-0.15, -0.1) is 0 Å². The van der Waals surface area contributed by atoms with Crippen molar-refractivity contribution < 1.29 is 4.39 Å². The lowest BCUT2D eigenvalue weighted by Gasteiger charge is -2.09. The Kier molecular flexibility index (Phi) is 4.11. The predicted molar refractivity (Wildman–Crippen MR) is 54.6 cm³/mol. The second kappa shape index (κ2) is 5.13. The number of unbranched alkanes of at least 4 members (excludes halogenated alkanes) is 2. The van der Waals surface area contributed by atoms with Gasteiger partial charge in [-0.2, -0.15) is 5.10 Å². The van der Waals surface area contributed by atoms with Crippen molar-refractivity contribution in [3.05, 3.63) is 17.7 Å². The summed E-state index contributed by atoms with van der Waals surface area (Å²) in [4.78, 5) is 0. The number of aromatic nitrogens is 2. The molecule has 1 aromatic heterocycles. The van der Waals surface area contributed by atoms with Gasteiger partial charge in [0.25, 0.3) is 0 Å². The predicted octanol–water partition coefficient (Wildman–Crippen LogP) is 3.14. The minimum atomic E-state index is -0.295. The third-order valence-electron chi connectivity index (χ3n) is 2.29. The summed E-state index contributed by atoms with van der Waals surface area (Å²) in [5.74, 6) is -0.119. The lowest BCUT2D eigenvalue weighted by atomic mass is 10.1. The van der Waals surface area contributed by atoms with Crippen LogP contribution in [0.3, 0.4) is 0 Å². The average Bonchev–Trinajstić information content (AvgIpc) is 2.47. The maximum Gasteiger partial charge on any atom is 0.174 e. The van der Waals surface area contributed by atoms with Crippen molar-refractivity contribution in [1.82, 2.24) is 9.78 Å². The summed E-state index contributed by atoms with van der Waals surface area (Å²) in [5.41, 5.74) is 0.682. The van der Waals surface area contributed by atoms with Crippen LogP contribution in [-0.4, -0.2) is 9.78 Å². The molecule has 1 heterocycles. The smallest absolute Gasteiger partial charge is 0.174 e. The Morgan fingerprint density at radius 2 is 2.14 bits per heavy atom. The van der Waals surface area contributed by atoms with Gasteiger partial charge in [0, 0.05) is 6.54 Å². The maximum atomic E-state index is 13.2. The summed E-state index contributed by atoms with van der Waals surface area (Å²) in [5, 5.41) is 3.93. The van der Waals surface area contributed by atoms with Crippen molar-refractivity contribution in [3.8, 4) is 0 Å². The van der Waals surface area contributed by atoms with Crippen molar-refractivity contribution in [2.75, 3.05) is 0 Å². The zero-order valence-electron chi connectivity index (χ0n) is 9.18. The number of halogens is 1. The topological polar surface area (TPSA) is 17.8 Å². The van der Waals surface area contributed by atoms with Crippen LogP contribution in [0.5, 0.6) is 0 Å². The molecule has 0 unspecified atom stereocenters. The van der Waals surface area contributed by atoms with Crippen molar-refractivity contribution >= 4 is 0 Å². The zero-order valence-corrected chi connectivity index (χ0v) is 9.18. The summed E-state index contributed by atoms with van der Waals surface area (Å²) in [7, 11) is 0. The van der Waals surface area contributed by atoms with Gasteiger partial charge in [-0.3, -0.25) is 4.68 Å². The summed E-state index contributed by atoms with van der Waals surface area (Å²) in [6.07, 6.45) is 5.79. The second-order valence-electron chi connectivity index (χ2n) is 3.90. The van der Waals surface area contributed by atoms with Gasteiger partial charge in [-0.05, 0) is 12.3 Å². The highest BCUT2D eigenvalue weighted by molar-refractivity contribution is 5.07. The molecular formula is C11H18FN2. The van der Waals surface area contributed by atoms with Crippen molar-refractivity contribution in [3.63, 3.8) is 0 Å². The van der Waals surface area contributed by atoms with Crippen LogP contribution in [0, 0.1) is 12.0 Å². The molecule has 0 aliphatic carbocycles. The molecule has 0 atom stereocenters. The van der Waals surface area contributed by atoms with Crippen LogP contribution in [0.2, 0.25) is 0 Å². The lowest BCUT2D eigenvalue weighted by Crippen LogP contribution is -2.07. The number of aryl methyl sites for hydroxylation is 1. The Morgan fingerprint density at radius 3 is 2.71 bits per heavy atom. The molecule has 0 fully saturated rings. The Bertz CT molecular complexity index is 279. The summed E-state index contributed by atoms with van der Waals surface area (Å²) in [6, 6.07) is 0. The van der Waals surface area contributed by atoms with Crippen LogP contribution in [0.1, 0.15) is 51.6 Å². The molecule has 0 aliphatic heterocycles. The van der Waals surface area contributed by atoms with Gasteiger partial charge in [-0.1, -0.05) is 33.6 Å². The summed E-state index contributed by atoms with van der Waals surface area (Å²) in [6.45, 7) is 6.91. The standard InChI is InChI=1S/C11H18FN2/c1-4-5-6-7-14-11(9(2)3)10(12)8-13-14/h9H,4-7H2,1-3H3. The van der Waals surface area contributed by atoms with Crippen LogP contribution >= 0.6 is 0 Å². The fraction of sp³-hybridized carbons (Fsp3) is 0.727. The van der Waals surface area contributed by atoms with Crippen molar-refractivity contribution in [1.29, 1.82) is 0 Å². The van der Waals surface area contributed by atoms with Crippen molar-refractivity contribution in [2.24, 2.45) is 0 Å². The number of rotatable bonds is 5. The molecule has 79 valence electrons. The first-order chi connectivity index (χ1) is 6.66. The van der Waals surface area contributed by atoms with Gasteiger partial charge in [0.05, 0.1) is 5.69 Å². The van der Waals surface area contributed by atoms with E-state index in [-0.39, 0.29) is 11.7 Å². The Hall–Kier alpha value is -0.860. The number of nitrogens with zero attached hydrogens (tertiary/aromatic N) is 2. The van der Waals surface area contributed by atoms with Gasteiger partial charge in [0.1, 0.15) is 0 Å². The molecule has 2 nitrogen and oxygen atoms in total. The zero-order chi connectivity index (χ0) is 10.6. The molecular weight excluding hydrogens is 179 g/mol. The van der Waals surface area contributed by atoms with E-state index in [4.69, 9.17) is 0 Å². The number of hydrogen-bond acceptors (Lipinski definition) is 1. The van der Waals surface area contributed by atoms with Gasteiger partial charge in [-0.25, -0.2) is 4.39 Å². The molecule has 0 N–H and O–H groups in total. The SMILES string of the molecule is CCCCCn1n[c]c(F)c1C(C)C. The monoisotopic (exact) mass is 197 g/mol. The minimum absolute atomic E-state index is 0.176. The third-order valence-corrected chi connectivity index (χ3v) is 2.29. The van der Waals surface area contributed by atoms with E-state index in [0.717, 1.165) is 13.0 Å². The summed E-state index contributed by atoms with van der Waals surface area (Å²) >= 11 is 0. The Labute approximate surface area is 85.1 Å². The first-order valence-electron chi connectivity index (χ1n) is 5.30. The molecule has 1 radical (unpaired) electrons. The second-order valence-corrected chi connectivity index (χ2v) is 3.90. The lowest BCUT2D eigenvalue weighted by molar-refractivity contribution is 0.506. The molecule has 0 amide bonds. The van der Waals surface area contributed by atoms with E-state index in [1.54, 1.807) is 4.68 Å². The highest BCUT2D eigenvalue weighted by Crippen LogP contribution is 2.17. The Balaban J connectivity index is 2.66. The van der Waals surface area contributed by atoms with E-state index in [9.17, 15) is 4.39 Å². The molecule has 0 bridgehead atoms. The van der Waals surface area contributed by atoms with E-state index in [0.29, 0.717) is 5.69 Å². The molecule has 0 saturated heterocycles. The number of hydrogen-bond donors (Lipinski definition) is 0. The molecule has 0 aromatic carbocycles. The normalized spacial score (nSPS) is 11.2. The quantitative estimate of drug-likeness (QED) is 0.663. The van der Waals surface area contributed by atoms with Crippen LogP contribution in [0.4, 0.5) is 4.39 Å². The van der Waals surface area contributed by atoms with Crippen molar-refractivity contribution in [2.45, 2.75) is 52.5 Å². The third kappa shape index (κ3) is 2.56. The van der Waals surface area contributed by atoms with Gasteiger partial charge >= 0.3 is 0 Å². The molecule has 14 heavy (non-hydrogen) atoms. The van der Waals surface area contributed by atoms with Crippen LogP contribution in [0.25, 0.3) is 0 Å². The van der Waals surface area contributed by atoms with Crippen LogP contribution in [0.15, 0.2) is 0 Å². The van der Waals surface area contributed by atoms with E-state index >= 15 is 0 Å². The molecule has 0 spiro atoms. The van der Waals surface area contributed by atoms with Gasteiger partial charge in [0.2, 0.25) is 0 Å². The fourth-order valence-corrected chi connectivity index (χ4v) is 1.56. The average molecular weight is 197 g/mol. The van der Waals surface area contributed by atoms with Gasteiger partial charge in [0.15, 0.2) is 12.0 Å². The highest BCUT2D eigenvalue weighted by Gasteiger charge is 2.13. The molecule has 1 rings (SSSR count). The first kappa shape index (κ1) is 11.2.